The fourth-order valence-corrected chi connectivity index (χ4v) is 9.11. The summed E-state index contributed by atoms with van der Waals surface area (Å²) in [5.41, 5.74) is 4.72. The molecule has 0 unspecified atom stereocenters. The predicted octanol–water partition coefficient (Wildman–Crippen LogP) is 9.16. The normalized spacial score (nSPS) is 15.2. The number of halogens is 3. The van der Waals surface area contributed by atoms with Crippen molar-refractivity contribution in [2.75, 3.05) is 0 Å². The zero-order valence-electron chi connectivity index (χ0n) is 22.9. The maximum absolute atomic E-state index is 13.4. The highest BCUT2D eigenvalue weighted by molar-refractivity contribution is 7.07. The molecule has 1 aliphatic rings. The Morgan fingerprint density at radius 2 is 1.55 bits per heavy atom. The van der Waals surface area contributed by atoms with Crippen molar-refractivity contribution in [2.45, 2.75) is 59.3 Å². The van der Waals surface area contributed by atoms with Gasteiger partial charge in [0, 0.05) is 11.8 Å². The quantitative estimate of drug-likeness (QED) is 0.235. The Morgan fingerprint density at radius 3 is 2.21 bits per heavy atom. The van der Waals surface area contributed by atoms with E-state index in [1.54, 1.807) is 0 Å². The third-order valence-corrected chi connectivity index (χ3v) is 11.6. The lowest BCUT2D eigenvalue weighted by Crippen LogP contribution is -2.42. The van der Waals surface area contributed by atoms with Gasteiger partial charge in [0.15, 0.2) is 0 Å². The van der Waals surface area contributed by atoms with E-state index in [-0.39, 0.29) is 6.42 Å². The fourth-order valence-electron chi connectivity index (χ4n) is 5.75. The summed E-state index contributed by atoms with van der Waals surface area (Å²) in [6, 6.07) is 22.9. The molecule has 3 aromatic carbocycles. The van der Waals surface area contributed by atoms with E-state index in [0.717, 1.165) is 16.8 Å². The van der Waals surface area contributed by atoms with Gasteiger partial charge in [0.25, 0.3) is 0 Å². The Balaban J connectivity index is 1.54. The summed E-state index contributed by atoms with van der Waals surface area (Å²) >= 11 is 0. The van der Waals surface area contributed by atoms with Gasteiger partial charge in [-0.15, -0.1) is 0 Å². The van der Waals surface area contributed by atoms with Gasteiger partial charge in [-0.1, -0.05) is 95.4 Å². The molecule has 0 radical (unpaired) electrons. The van der Waals surface area contributed by atoms with Gasteiger partial charge in [0.05, 0.1) is 11.1 Å². The average molecular weight is 530 g/mol. The second-order valence-electron chi connectivity index (χ2n) is 12.0. The number of rotatable bonds is 5. The van der Waals surface area contributed by atoms with Gasteiger partial charge < -0.3 is 0 Å². The van der Waals surface area contributed by atoms with E-state index in [1.165, 1.54) is 46.1 Å². The third kappa shape index (κ3) is 4.51. The molecule has 0 fully saturated rings. The Hall–Kier alpha value is -3.18. The molecular weight excluding hydrogens is 495 g/mol. The van der Waals surface area contributed by atoms with Gasteiger partial charge in [-0.2, -0.15) is 13.2 Å². The van der Waals surface area contributed by atoms with Crippen LogP contribution in [0.4, 0.5) is 13.2 Å². The molecular formula is C33H34F3NSi. The SMILES string of the molecule is CC(C)c1cc(-c2nccc3c2[Si](C)(C)C(c2ccc(CC(C)(C)C(F)(F)F)cc2)=C3)cc2ccccc12. The maximum Gasteiger partial charge on any atom is 0.394 e. The van der Waals surface area contributed by atoms with E-state index >= 15 is 0 Å². The van der Waals surface area contributed by atoms with Crippen LogP contribution in [0, 0.1) is 5.41 Å². The van der Waals surface area contributed by atoms with Crippen molar-refractivity contribution >= 4 is 35.3 Å². The number of aromatic nitrogens is 1. The average Bonchev–Trinajstić information content (AvgIpc) is 3.13. The van der Waals surface area contributed by atoms with Crippen molar-refractivity contribution < 1.29 is 13.2 Å². The van der Waals surface area contributed by atoms with Crippen molar-refractivity contribution in [3.8, 4) is 11.3 Å². The minimum absolute atomic E-state index is 0.0366. The zero-order chi connectivity index (χ0) is 27.5. The molecule has 0 N–H and O–H groups in total. The molecule has 1 aliphatic heterocycles. The van der Waals surface area contributed by atoms with Crippen molar-refractivity contribution in [2.24, 2.45) is 5.41 Å². The van der Waals surface area contributed by atoms with E-state index in [2.05, 4.69) is 75.5 Å². The molecule has 5 rings (SSSR count). The molecule has 5 heteroatoms. The van der Waals surface area contributed by atoms with Crippen LogP contribution < -0.4 is 5.19 Å². The summed E-state index contributed by atoms with van der Waals surface area (Å²) in [6.07, 6.45) is -0.112. The predicted molar refractivity (Wildman–Crippen MR) is 156 cm³/mol. The van der Waals surface area contributed by atoms with Crippen LogP contribution in [0.15, 0.2) is 72.9 Å². The highest BCUT2D eigenvalue weighted by Crippen LogP contribution is 2.41. The van der Waals surface area contributed by atoms with Crippen LogP contribution in [0.2, 0.25) is 13.1 Å². The summed E-state index contributed by atoms with van der Waals surface area (Å²) in [4.78, 5) is 4.92. The van der Waals surface area contributed by atoms with E-state index < -0.39 is 19.7 Å². The highest BCUT2D eigenvalue weighted by atomic mass is 28.3. The first-order chi connectivity index (χ1) is 17.8. The summed E-state index contributed by atoms with van der Waals surface area (Å²) < 4.78 is 40.3. The highest BCUT2D eigenvalue weighted by Gasteiger charge is 2.47. The Bertz CT molecular complexity index is 1540. The number of hydrogen-bond donors (Lipinski definition) is 0. The second kappa shape index (κ2) is 9.23. The van der Waals surface area contributed by atoms with Gasteiger partial charge in [-0.3, -0.25) is 4.98 Å². The van der Waals surface area contributed by atoms with E-state index in [0.29, 0.717) is 11.5 Å². The molecule has 1 aromatic heterocycles. The van der Waals surface area contributed by atoms with E-state index in [4.69, 9.17) is 4.98 Å². The number of benzene rings is 3. The first-order valence-corrected chi connectivity index (χ1v) is 16.2. The summed E-state index contributed by atoms with van der Waals surface area (Å²) in [6.45, 7) is 11.7. The lowest BCUT2D eigenvalue weighted by atomic mass is 9.85. The fraction of sp³-hybridized carbons (Fsp3) is 0.303. The van der Waals surface area contributed by atoms with Gasteiger partial charge in [-0.05, 0) is 73.9 Å². The molecule has 0 bridgehead atoms. The Labute approximate surface area is 224 Å². The van der Waals surface area contributed by atoms with Crippen LogP contribution in [0.25, 0.3) is 33.3 Å². The van der Waals surface area contributed by atoms with Crippen LogP contribution in [-0.4, -0.2) is 19.2 Å². The van der Waals surface area contributed by atoms with Gasteiger partial charge >= 0.3 is 6.18 Å². The molecule has 38 heavy (non-hydrogen) atoms. The van der Waals surface area contributed by atoms with Crippen LogP contribution in [0.1, 0.15) is 55.9 Å². The molecule has 0 aliphatic carbocycles. The molecule has 0 saturated heterocycles. The van der Waals surface area contributed by atoms with Crippen molar-refractivity contribution in [1.82, 2.24) is 4.98 Å². The van der Waals surface area contributed by atoms with Crippen LogP contribution in [0.3, 0.4) is 0 Å². The molecule has 0 saturated carbocycles. The monoisotopic (exact) mass is 529 g/mol. The molecule has 196 valence electrons. The molecule has 0 spiro atoms. The van der Waals surface area contributed by atoms with Crippen molar-refractivity contribution in [1.29, 1.82) is 0 Å². The minimum atomic E-state index is -4.24. The number of hydrogen-bond acceptors (Lipinski definition) is 1. The Morgan fingerprint density at radius 1 is 0.868 bits per heavy atom. The van der Waals surface area contributed by atoms with Crippen molar-refractivity contribution in [3.63, 3.8) is 0 Å². The van der Waals surface area contributed by atoms with Crippen LogP contribution in [0.5, 0.6) is 0 Å². The molecule has 2 heterocycles. The van der Waals surface area contributed by atoms with Gasteiger partial charge in [-0.25, -0.2) is 0 Å². The molecule has 0 amide bonds. The Kier molecular flexibility index (Phi) is 6.42. The lowest BCUT2D eigenvalue weighted by molar-refractivity contribution is -0.211. The molecule has 1 nitrogen and oxygen atoms in total. The largest absolute Gasteiger partial charge is 0.394 e. The lowest BCUT2D eigenvalue weighted by Gasteiger charge is -2.28. The number of fused-ring (bicyclic) bond motifs is 2. The third-order valence-electron chi connectivity index (χ3n) is 8.05. The second-order valence-corrected chi connectivity index (χ2v) is 16.3. The number of pyridine rings is 1. The minimum Gasteiger partial charge on any atom is -0.256 e. The van der Waals surface area contributed by atoms with Gasteiger partial charge in [0.2, 0.25) is 0 Å². The molecule has 0 atom stereocenters. The number of alkyl halides is 3. The summed E-state index contributed by atoms with van der Waals surface area (Å²) in [5, 5.41) is 5.11. The van der Waals surface area contributed by atoms with Crippen molar-refractivity contribution in [3.05, 3.63) is 95.2 Å². The van der Waals surface area contributed by atoms with E-state index in [9.17, 15) is 13.2 Å². The van der Waals surface area contributed by atoms with Gasteiger partial charge in [0.1, 0.15) is 8.07 Å². The summed E-state index contributed by atoms with van der Waals surface area (Å²) in [7, 11) is -2.15. The molecule has 4 aromatic rings. The topological polar surface area (TPSA) is 12.9 Å². The first kappa shape index (κ1) is 26.4. The number of nitrogens with zero attached hydrogens (tertiary/aromatic N) is 1. The zero-order valence-corrected chi connectivity index (χ0v) is 23.9. The summed E-state index contributed by atoms with van der Waals surface area (Å²) in [5.74, 6) is 0.386. The smallest absolute Gasteiger partial charge is 0.256 e. The maximum atomic E-state index is 13.4. The van der Waals surface area contributed by atoms with Crippen LogP contribution in [-0.2, 0) is 6.42 Å². The van der Waals surface area contributed by atoms with E-state index in [1.807, 2.05) is 30.5 Å². The van der Waals surface area contributed by atoms with Crippen LogP contribution >= 0.6 is 0 Å². The first-order valence-electron chi connectivity index (χ1n) is 13.2. The standard InChI is InChI=1S/C33H34F3NSi/c1-21(2)28-18-26(17-24-9-7-8-10-27(24)28)30-31-25(15-16-37-30)19-29(38(31,5)6)23-13-11-22(12-14-23)20-32(3,4)33(34,35)36/h7-19,21H,20H2,1-6H3.